The van der Waals surface area contributed by atoms with Gasteiger partial charge in [0.05, 0.1) is 12.1 Å². The van der Waals surface area contributed by atoms with Crippen LogP contribution in [-0.2, 0) is 9.59 Å². The number of hydrogen-bond donors (Lipinski definition) is 1. The van der Waals surface area contributed by atoms with Crippen LogP contribution in [0.3, 0.4) is 0 Å². The lowest BCUT2D eigenvalue weighted by atomic mass is 10.1. The average Bonchev–Trinajstić information content (AvgIpc) is 2.47. The second-order valence-electron chi connectivity index (χ2n) is 4.54. The molecule has 4 nitrogen and oxygen atoms in total. The summed E-state index contributed by atoms with van der Waals surface area (Å²) in [5, 5.41) is 10.8. The number of nitrogens with zero attached hydrogens (tertiary/aromatic N) is 1. The lowest BCUT2D eigenvalue weighted by molar-refractivity contribution is -0.136. The van der Waals surface area contributed by atoms with E-state index >= 15 is 0 Å². The van der Waals surface area contributed by atoms with E-state index in [2.05, 4.69) is 0 Å². The van der Waals surface area contributed by atoms with Crippen LogP contribution < -0.4 is 4.90 Å². The maximum Gasteiger partial charge on any atom is 0.305 e. The first-order valence-corrected chi connectivity index (χ1v) is 6.63. The van der Waals surface area contributed by atoms with Crippen LogP contribution >= 0.6 is 0 Å². The zero-order valence-electron chi connectivity index (χ0n) is 11.4. The highest BCUT2D eigenvalue weighted by atomic mass is 16.4. The summed E-state index contributed by atoms with van der Waals surface area (Å²) >= 11 is 0. The van der Waals surface area contributed by atoms with Gasteiger partial charge in [0, 0.05) is 18.4 Å². The van der Waals surface area contributed by atoms with Crippen LogP contribution in [0.5, 0.6) is 0 Å². The van der Waals surface area contributed by atoms with Gasteiger partial charge in [-0.25, -0.2) is 0 Å². The van der Waals surface area contributed by atoms with E-state index < -0.39 is 5.97 Å². The van der Waals surface area contributed by atoms with E-state index in [4.69, 9.17) is 5.11 Å². The molecule has 0 saturated heterocycles. The van der Waals surface area contributed by atoms with Crippen LogP contribution in [-0.4, -0.2) is 23.5 Å². The molecular formula is C16H17NO3. The monoisotopic (exact) mass is 271 g/mol. The number of aliphatic carboxylic acids is 1. The fraction of sp³-hybridized carbons (Fsp3) is 0.250. The first-order valence-electron chi connectivity index (χ1n) is 6.63. The van der Waals surface area contributed by atoms with Crippen LogP contribution in [0.4, 0.5) is 5.69 Å². The molecule has 2 aromatic carbocycles. The van der Waals surface area contributed by atoms with E-state index in [1.807, 2.05) is 42.5 Å². The van der Waals surface area contributed by atoms with Gasteiger partial charge in [0.25, 0.3) is 0 Å². The van der Waals surface area contributed by atoms with Crippen molar-refractivity contribution in [1.82, 2.24) is 0 Å². The number of hydrogen-bond acceptors (Lipinski definition) is 2. The van der Waals surface area contributed by atoms with E-state index in [9.17, 15) is 9.59 Å². The zero-order valence-corrected chi connectivity index (χ0v) is 11.4. The predicted octanol–water partition coefficient (Wildman–Crippen LogP) is 3.06. The molecule has 1 amide bonds. The molecule has 0 saturated carbocycles. The first-order chi connectivity index (χ1) is 9.63. The Bertz CT molecular complexity index is 631. The zero-order chi connectivity index (χ0) is 14.5. The largest absolute Gasteiger partial charge is 0.481 e. The molecule has 0 radical (unpaired) electrons. The predicted molar refractivity (Wildman–Crippen MR) is 78.8 cm³/mol. The Kier molecular flexibility index (Phi) is 4.35. The summed E-state index contributed by atoms with van der Waals surface area (Å²) in [5.74, 6) is -0.971. The Hall–Kier alpha value is -2.36. The molecule has 0 aliphatic heterocycles. The van der Waals surface area contributed by atoms with Crippen molar-refractivity contribution in [2.45, 2.75) is 19.8 Å². The smallest absolute Gasteiger partial charge is 0.305 e. The number of rotatable bonds is 5. The Balaban J connectivity index is 2.45. The highest BCUT2D eigenvalue weighted by Crippen LogP contribution is 2.27. The number of fused-ring (bicyclic) bond motifs is 1. The van der Waals surface area contributed by atoms with Gasteiger partial charge in [0.1, 0.15) is 0 Å². The van der Waals surface area contributed by atoms with Gasteiger partial charge in [0.15, 0.2) is 0 Å². The number of benzene rings is 2. The molecule has 2 rings (SSSR count). The Morgan fingerprint density at radius 2 is 1.80 bits per heavy atom. The summed E-state index contributed by atoms with van der Waals surface area (Å²) in [6.07, 6.45) is 0.289. The maximum atomic E-state index is 12.1. The highest BCUT2D eigenvalue weighted by Gasteiger charge is 2.17. The SMILES string of the molecule is CCC(=O)N(CCC(=O)O)c1cccc2ccccc12. The standard InChI is InChI=1S/C16H17NO3/c1-2-15(18)17(11-10-16(19)20)14-9-5-7-12-6-3-4-8-13(12)14/h3-9H,2,10-11H2,1H3,(H,19,20). The van der Waals surface area contributed by atoms with Crippen molar-refractivity contribution in [3.63, 3.8) is 0 Å². The van der Waals surface area contributed by atoms with Crippen molar-refractivity contribution in [3.05, 3.63) is 42.5 Å². The minimum Gasteiger partial charge on any atom is -0.481 e. The summed E-state index contributed by atoms with van der Waals surface area (Å²) in [6, 6.07) is 13.5. The Morgan fingerprint density at radius 3 is 2.50 bits per heavy atom. The molecule has 1 N–H and O–H groups in total. The van der Waals surface area contributed by atoms with Crippen molar-refractivity contribution in [1.29, 1.82) is 0 Å². The number of carboxylic acid groups (broad SMARTS) is 1. The molecule has 0 heterocycles. The molecule has 0 spiro atoms. The van der Waals surface area contributed by atoms with E-state index in [0.717, 1.165) is 16.5 Å². The van der Waals surface area contributed by atoms with E-state index in [0.29, 0.717) is 6.42 Å². The number of anilines is 1. The van der Waals surface area contributed by atoms with Crippen LogP contribution in [0.15, 0.2) is 42.5 Å². The molecular weight excluding hydrogens is 254 g/mol. The van der Waals surface area contributed by atoms with E-state index in [1.54, 1.807) is 11.8 Å². The fourth-order valence-electron chi connectivity index (χ4n) is 2.22. The van der Waals surface area contributed by atoms with Gasteiger partial charge in [-0.2, -0.15) is 0 Å². The lowest BCUT2D eigenvalue weighted by Crippen LogP contribution is -2.32. The summed E-state index contributed by atoms with van der Waals surface area (Å²) in [6.45, 7) is 1.97. The summed E-state index contributed by atoms with van der Waals surface area (Å²) in [7, 11) is 0. The van der Waals surface area contributed by atoms with Gasteiger partial charge < -0.3 is 10.0 Å². The number of amides is 1. The third-order valence-corrected chi connectivity index (χ3v) is 3.21. The quantitative estimate of drug-likeness (QED) is 0.909. The molecule has 0 unspecified atom stereocenters. The first kappa shape index (κ1) is 14.1. The molecule has 4 heteroatoms. The third kappa shape index (κ3) is 2.96. The molecule has 0 aliphatic rings. The molecule has 104 valence electrons. The second-order valence-corrected chi connectivity index (χ2v) is 4.54. The topological polar surface area (TPSA) is 57.6 Å². The summed E-state index contributed by atoms with van der Waals surface area (Å²) in [4.78, 5) is 24.4. The van der Waals surface area contributed by atoms with Crippen LogP contribution in [0.25, 0.3) is 10.8 Å². The van der Waals surface area contributed by atoms with Crippen molar-refractivity contribution in [2.75, 3.05) is 11.4 Å². The number of carbonyl (C=O) groups excluding carboxylic acids is 1. The van der Waals surface area contributed by atoms with Gasteiger partial charge in [0.2, 0.25) is 5.91 Å². The highest BCUT2D eigenvalue weighted by molar-refractivity contribution is 6.03. The maximum absolute atomic E-state index is 12.1. The summed E-state index contributed by atoms with van der Waals surface area (Å²) < 4.78 is 0. The molecule has 0 bridgehead atoms. The third-order valence-electron chi connectivity index (χ3n) is 3.21. The van der Waals surface area contributed by atoms with Crippen LogP contribution in [0.1, 0.15) is 19.8 Å². The molecule has 0 aromatic heterocycles. The average molecular weight is 271 g/mol. The number of carboxylic acids is 1. The van der Waals surface area contributed by atoms with Crippen molar-refractivity contribution >= 4 is 28.3 Å². The van der Waals surface area contributed by atoms with Gasteiger partial charge in [-0.3, -0.25) is 9.59 Å². The van der Waals surface area contributed by atoms with E-state index in [-0.39, 0.29) is 18.9 Å². The van der Waals surface area contributed by atoms with Gasteiger partial charge >= 0.3 is 5.97 Å². The van der Waals surface area contributed by atoms with Crippen LogP contribution in [0, 0.1) is 0 Å². The van der Waals surface area contributed by atoms with Crippen LogP contribution in [0.2, 0.25) is 0 Å². The van der Waals surface area contributed by atoms with Gasteiger partial charge in [-0.05, 0) is 11.5 Å². The van der Waals surface area contributed by atoms with E-state index in [1.165, 1.54) is 0 Å². The fourth-order valence-corrected chi connectivity index (χ4v) is 2.22. The Labute approximate surface area is 117 Å². The summed E-state index contributed by atoms with van der Waals surface area (Å²) in [5.41, 5.74) is 0.774. The molecule has 2 aromatic rings. The minimum atomic E-state index is -0.904. The molecule has 0 fully saturated rings. The Morgan fingerprint density at radius 1 is 1.10 bits per heavy atom. The normalized spacial score (nSPS) is 10.4. The number of carbonyl (C=O) groups is 2. The molecule has 0 aliphatic carbocycles. The van der Waals surface area contributed by atoms with Gasteiger partial charge in [-0.15, -0.1) is 0 Å². The second kappa shape index (κ2) is 6.19. The minimum absolute atomic E-state index is 0.0606. The van der Waals surface area contributed by atoms with Crippen molar-refractivity contribution in [3.8, 4) is 0 Å². The molecule has 20 heavy (non-hydrogen) atoms. The van der Waals surface area contributed by atoms with Crippen molar-refractivity contribution in [2.24, 2.45) is 0 Å². The van der Waals surface area contributed by atoms with Gasteiger partial charge in [-0.1, -0.05) is 43.3 Å². The molecule has 0 atom stereocenters. The lowest BCUT2D eigenvalue weighted by Gasteiger charge is -2.23. The van der Waals surface area contributed by atoms with Crippen molar-refractivity contribution < 1.29 is 14.7 Å².